The Morgan fingerprint density at radius 1 is 0.705 bits per heavy atom. The van der Waals surface area contributed by atoms with Gasteiger partial charge in [0.2, 0.25) is 6.20 Å². The van der Waals surface area contributed by atoms with Crippen LogP contribution in [0.4, 0.5) is 0 Å². The highest BCUT2D eigenvalue weighted by Gasteiger charge is 2.68. The number of pyridine rings is 3. The largest absolute Gasteiger partial charge is 0.456 e. The molecule has 3 aliphatic rings. The fourth-order valence-electron chi connectivity index (χ4n) is 7.83. The van der Waals surface area contributed by atoms with Gasteiger partial charge in [0.25, 0.3) is 5.82 Å². The Morgan fingerprint density at radius 3 is 2.50 bits per heavy atom. The molecular formula is C37H22N6O+2. The van der Waals surface area contributed by atoms with Gasteiger partial charge in [0.15, 0.2) is 11.1 Å². The molecule has 0 amide bonds. The zero-order valence-electron chi connectivity index (χ0n) is 23.3. The van der Waals surface area contributed by atoms with E-state index in [1.165, 1.54) is 21.8 Å². The van der Waals surface area contributed by atoms with Crippen LogP contribution >= 0.6 is 0 Å². The third-order valence-electron chi connectivity index (χ3n) is 9.54. The zero-order valence-corrected chi connectivity index (χ0v) is 23.3. The molecule has 0 radical (unpaired) electrons. The maximum Gasteiger partial charge on any atom is 0.397 e. The predicted molar refractivity (Wildman–Crippen MR) is 165 cm³/mol. The van der Waals surface area contributed by atoms with Gasteiger partial charge in [-0.2, -0.15) is 9.13 Å². The Morgan fingerprint density at radius 2 is 1.59 bits per heavy atom. The second-order valence-corrected chi connectivity index (χ2v) is 11.6. The van der Waals surface area contributed by atoms with E-state index in [1.54, 1.807) is 0 Å². The third kappa shape index (κ3) is 2.48. The van der Waals surface area contributed by atoms with E-state index >= 15 is 0 Å². The molecule has 8 heterocycles. The molecule has 7 nitrogen and oxygen atoms in total. The zero-order chi connectivity index (χ0) is 28.6. The van der Waals surface area contributed by atoms with Gasteiger partial charge in [0, 0.05) is 41.0 Å². The molecule has 8 aromatic rings. The van der Waals surface area contributed by atoms with E-state index in [0.29, 0.717) is 0 Å². The van der Waals surface area contributed by atoms with Crippen LogP contribution in [-0.2, 0) is 5.66 Å². The summed E-state index contributed by atoms with van der Waals surface area (Å²) in [5.41, 5.74) is 9.16. The Kier molecular flexibility index (Phi) is 3.91. The summed E-state index contributed by atoms with van der Waals surface area (Å²) >= 11 is 0. The van der Waals surface area contributed by atoms with Gasteiger partial charge in [-0.1, -0.05) is 35.0 Å². The van der Waals surface area contributed by atoms with Gasteiger partial charge in [0.1, 0.15) is 28.3 Å². The minimum atomic E-state index is -0.699. The maximum absolute atomic E-state index is 6.74. The lowest BCUT2D eigenvalue weighted by molar-refractivity contribution is -0.993. The standard InChI is InChI=1S/C37H22N6O/c1-2-7-29-26(6-1)27-12-14-32-35-36(27)43(29)33-10-3-4-19-40(33)37(35)34-30(8-5-9-31(34)44-32)41-21-25(22-42(37)41)28-13-11-24(20-39-28)23-15-17-38-18-16-23/h1-22H/q+2. The molecular weight excluding hydrogens is 544 g/mol. The number of hydrogen-bond acceptors (Lipinski definition) is 3. The summed E-state index contributed by atoms with van der Waals surface area (Å²) in [5, 5.41) is 2.45. The van der Waals surface area contributed by atoms with Crippen LogP contribution in [-0.4, -0.2) is 19.2 Å². The Hall–Kier alpha value is -6.08. The second kappa shape index (κ2) is 7.65. The average molecular weight is 567 g/mol. The van der Waals surface area contributed by atoms with E-state index in [2.05, 4.69) is 127 Å². The van der Waals surface area contributed by atoms with Crippen molar-refractivity contribution in [3.63, 3.8) is 0 Å². The van der Waals surface area contributed by atoms with Gasteiger partial charge in [0.05, 0.1) is 23.7 Å². The Balaban J connectivity index is 1.25. The summed E-state index contributed by atoms with van der Waals surface area (Å²) in [4.78, 5) is 9.07. The minimum Gasteiger partial charge on any atom is -0.456 e. The van der Waals surface area contributed by atoms with Crippen molar-refractivity contribution in [3.8, 4) is 45.4 Å². The van der Waals surface area contributed by atoms with Crippen LogP contribution in [0.25, 0.3) is 55.7 Å². The number of rotatable bonds is 2. The Bertz CT molecular complexity index is 2530. The van der Waals surface area contributed by atoms with Crippen molar-refractivity contribution >= 4 is 21.8 Å². The molecule has 0 aliphatic carbocycles. The van der Waals surface area contributed by atoms with Crippen LogP contribution in [0, 0.1) is 0 Å². The molecule has 0 N–H and O–H groups in total. The van der Waals surface area contributed by atoms with Crippen molar-refractivity contribution in [1.29, 1.82) is 0 Å². The lowest BCUT2D eigenvalue weighted by Gasteiger charge is -2.32. The summed E-state index contributed by atoms with van der Waals surface area (Å²) in [6.45, 7) is 0. The first-order valence-corrected chi connectivity index (χ1v) is 14.7. The normalized spacial score (nSPS) is 16.5. The van der Waals surface area contributed by atoms with E-state index in [1.807, 2.05) is 30.7 Å². The highest BCUT2D eigenvalue weighted by Crippen LogP contribution is 2.55. The van der Waals surface area contributed by atoms with Gasteiger partial charge in [-0.15, -0.1) is 4.68 Å². The van der Waals surface area contributed by atoms with Crippen LogP contribution in [0.15, 0.2) is 134 Å². The van der Waals surface area contributed by atoms with Crippen LogP contribution in [0.3, 0.4) is 0 Å². The highest BCUT2D eigenvalue weighted by molar-refractivity contribution is 6.11. The highest BCUT2D eigenvalue weighted by atomic mass is 16.5. The molecule has 204 valence electrons. The fraction of sp³-hybridized carbons (Fsp3) is 0.0270. The number of benzene rings is 3. The smallest absolute Gasteiger partial charge is 0.397 e. The van der Waals surface area contributed by atoms with Crippen LogP contribution in [0.2, 0.25) is 0 Å². The molecule has 0 bridgehead atoms. The molecule has 3 aliphatic heterocycles. The van der Waals surface area contributed by atoms with Gasteiger partial charge >= 0.3 is 5.66 Å². The number of nitrogens with zero attached hydrogens (tertiary/aromatic N) is 6. The molecule has 0 fully saturated rings. The second-order valence-electron chi connectivity index (χ2n) is 11.6. The number of hydrogen-bond donors (Lipinski definition) is 0. The monoisotopic (exact) mass is 566 g/mol. The SMILES string of the molecule is c1cc2c3c(c1)-n1cc(-c4ccc(-c5ccncc5)cn4)c[n+]1C31c3c(ccc4c5ccccc5n(c34)-c3cccc[n+]31)O2. The van der Waals surface area contributed by atoms with Gasteiger partial charge in [-0.3, -0.25) is 9.97 Å². The molecule has 11 rings (SSSR count). The van der Waals surface area contributed by atoms with Gasteiger partial charge < -0.3 is 4.74 Å². The van der Waals surface area contributed by atoms with Crippen LogP contribution in [0.5, 0.6) is 11.5 Å². The maximum atomic E-state index is 6.74. The lowest BCUT2D eigenvalue weighted by atomic mass is 9.84. The molecule has 3 aromatic carbocycles. The third-order valence-corrected chi connectivity index (χ3v) is 9.54. The average Bonchev–Trinajstić information content (AvgIpc) is 3.75. The van der Waals surface area contributed by atoms with Crippen molar-refractivity contribution < 1.29 is 14.0 Å². The molecule has 0 saturated carbocycles. The number of ether oxygens (including phenoxy) is 1. The first-order valence-electron chi connectivity index (χ1n) is 14.7. The van der Waals surface area contributed by atoms with E-state index < -0.39 is 5.66 Å². The molecule has 1 unspecified atom stereocenters. The van der Waals surface area contributed by atoms with E-state index in [0.717, 1.165) is 56.5 Å². The number of para-hydroxylation sites is 1. The minimum absolute atomic E-state index is 0.699. The summed E-state index contributed by atoms with van der Waals surface area (Å²) < 4.78 is 16.2. The number of aromatic nitrogens is 6. The van der Waals surface area contributed by atoms with Crippen LogP contribution < -0.4 is 14.0 Å². The molecule has 1 atom stereocenters. The molecule has 5 aromatic heterocycles. The van der Waals surface area contributed by atoms with Gasteiger partial charge in [-0.05, 0) is 66.2 Å². The van der Waals surface area contributed by atoms with Crippen molar-refractivity contribution in [2.75, 3.05) is 0 Å². The summed E-state index contributed by atoms with van der Waals surface area (Å²) in [5.74, 6) is 2.85. The lowest BCUT2D eigenvalue weighted by Crippen LogP contribution is -2.76. The Labute approximate surface area is 251 Å². The predicted octanol–water partition coefficient (Wildman–Crippen LogP) is 6.30. The van der Waals surface area contributed by atoms with E-state index in [-0.39, 0.29) is 0 Å². The molecule has 44 heavy (non-hydrogen) atoms. The topological polar surface area (TPSA) is 52.6 Å². The summed E-state index contributed by atoms with van der Waals surface area (Å²) in [7, 11) is 0. The first-order chi connectivity index (χ1) is 21.8. The molecule has 7 heteroatoms. The summed E-state index contributed by atoms with van der Waals surface area (Å²) in [6.07, 6.45) is 12.2. The fourth-order valence-corrected chi connectivity index (χ4v) is 7.83. The summed E-state index contributed by atoms with van der Waals surface area (Å²) in [6, 6.07) is 34.1. The van der Waals surface area contributed by atoms with E-state index in [4.69, 9.17) is 9.72 Å². The van der Waals surface area contributed by atoms with Gasteiger partial charge in [-0.25, -0.2) is 0 Å². The van der Waals surface area contributed by atoms with Crippen molar-refractivity contribution in [2.24, 2.45) is 0 Å². The first kappa shape index (κ1) is 22.5. The number of fused-ring (bicyclic) bond motifs is 7. The quantitative estimate of drug-likeness (QED) is 0.231. The molecule has 0 saturated heterocycles. The van der Waals surface area contributed by atoms with Crippen molar-refractivity contribution in [2.45, 2.75) is 5.66 Å². The van der Waals surface area contributed by atoms with Crippen LogP contribution in [0.1, 0.15) is 11.1 Å². The molecule has 1 spiro atoms. The van der Waals surface area contributed by atoms with E-state index in [9.17, 15) is 0 Å². The van der Waals surface area contributed by atoms with Crippen molar-refractivity contribution in [3.05, 3.63) is 145 Å². The van der Waals surface area contributed by atoms with Crippen molar-refractivity contribution in [1.82, 2.24) is 19.2 Å².